The second-order valence-electron chi connectivity index (χ2n) is 6.06. The highest BCUT2D eigenvalue weighted by Gasteiger charge is 2.36. The first-order valence-corrected chi connectivity index (χ1v) is 8.49. The van der Waals surface area contributed by atoms with Crippen LogP contribution in [-0.4, -0.2) is 37.5 Å². The van der Waals surface area contributed by atoms with Crippen molar-refractivity contribution in [2.75, 3.05) is 19.7 Å². The second kappa shape index (κ2) is 6.18. The third-order valence-corrected chi connectivity index (χ3v) is 5.42. The number of aliphatic hydroxyl groups is 1. The fourth-order valence-corrected chi connectivity index (χ4v) is 4.05. The number of sulfonamides is 1. The number of hydrogen-bond donors (Lipinski definition) is 1. The molecule has 1 saturated heterocycles. The summed E-state index contributed by atoms with van der Waals surface area (Å²) in [5, 5.41) is 8.72. The molecule has 0 bridgehead atoms. The van der Waals surface area contributed by atoms with Gasteiger partial charge in [0.1, 0.15) is 0 Å². The van der Waals surface area contributed by atoms with Crippen LogP contribution in [0.15, 0.2) is 29.2 Å². The Kier molecular flexibility index (Phi) is 4.72. The highest BCUT2D eigenvalue weighted by Crippen LogP contribution is 2.32. The van der Waals surface area contributed by atoms with Crippen molar-refractivity contribution in [1.82, 2.24) is 4.31 Å². The maximum absolute atomic E-state index is 12.6. The van der Waals surface area contributed by atoms with E-state index in [0.717, 1.165) is 6.42 Å². The van der Waals surface area contributed by atoms with Gasteiger partial charge in [0.05, 0.1) is 11.5 Å². The van der Waals surface area contributed by atoms with Crippen LogP contribution in [0.1, 0.15) is 32.3 Å². The highest BCUT2D eigenvalue weighted by atomic mass is 32.2. The lowest BCUT2D eigenvalue weighted by Crippen LogP contribution is -2.30. The lowest BCUT2D eigenvalue weighted by Gasteiger charge is -2.19. The van der Waals surface area contributed by atoms with Gasteiger partial charge in [0.2, 0.25) is 10.0 Å². The standard InChI is InChI=1S/C16H21NO3S/c1-16(2)9-10-17(13-16)21(19,20)15-8-5-7-14(12-15)6-3-4-11-18/h5,7-8,12,18H,4,9-11,13H2,1-2H3. The van der Waals surface area contributed by atoms with Crippen LogP contribution in [0.4, 0.5) is 0 Å². The number of benzene rings is 1. The fourth-order valence-electron chi connectivity index (χ4n) is 2.37. The lowest BCUT2D eigenvalue weighted by atomic mass is 9.93. The molecule has 1 fully saturated rings. The Morgan fingerprint density at radius 1 is 1.38 bits per heavy atom. The van der Waals surface area contributed by atoms with Crippen molar-refractivity contribution in [2.45, 2.75) is 31.6 Å². The van der Waals surface area contributed by atoms with Gasteiger partial charge in [-0.3, -0.25) is 0 Å². The Morgan fingerprint density at radius 3 is 2.76 bits per heavy atom. The molecule has 0 saturated carbocycles. The van der Waals surface area contributed by atoms with Crippen LogP contribution in [0.2, 0.25) is 0 Å². The van der Waals surface area contributed by atoms with E-state index < -0.39 is 10.0 Å². The molecule has 0 unspecified atom stereocenters. The molecule has 1 aliphatic rings. The first-order valence-electron chi connectivity index (χ1n) is 7.05. The van der Waals surface area contributed by atoms with Crippen molar-refractivity contribution in [3.63, 3.8) is 0 Å². The summed E-state index contributed by atoms with van der Waals surface area (Å²) >= 11 is 0. The summed E-state index contributed by atoms with van der Waals surface area (Å²) in [6.45, 7) is 5.29. The largest absolute Gasteiger partial charge is 0.395 e. The monoisotopic (exact) mass is 307 g/mol. The van der Waals surface area contributed by atoms with Gasteiger partial charge in [0.15, 0.2) is 0 Å². The van der Waals surface area contributed by atoms with Crippen molar-refractivity contribution < 1.29 is 13.5 Å². The van der Waals surface area contributed by atoms with Gasteiger partial charge in [-0.15, -0.1) is 0 Å². The third kappa shape index (κ3) is 3.85. The molecular weight excluding hydrogens is 286 g/mol. The molecule has 0 aromatic heterocycles. The number of nitrogens with zero attached hydrogens (tertiary/aromatic N) is 1. The van der Waals surface area contributed by atoms with E-state index in [1.807, 2.05) is 0 Å². The molecule has 5 heteroatoms. The van der Waals surface area contributed by atoms with E-state index in [1.165, 1.54) is 0 Å². The molecule has 21 heavy (non-hydrogen) atoms. The van der Waals surface area contributed by atoms with E-state index in [1.54, 1.807) is 28.6 Å². The molecule has 114 valence electrons. The summed E-state index contributed by atoms with van der Waals surface area (Å²) in [5.41, 5.74) is 0.689. The van der Waals surface area contributed by atoms with Gasteiger partial charge in [-0.1, -0.05) is 31.8 Å². The molecule has 0 aliphatic carbocycles. The van der Waals surface area contributed by atoms with Crippen molar-refractivity contribution in [2.24, 2.45) is 5.41 Å². The van der Waals surface area contributed by atoms with E-state index in [2.05, 4.69) is 25.7 Å². The van der Waals surface area contributed by atoms with Crippen molar-refractivity contribution in [1.29, 1.82) is 0 Å². The summed E-state index contributed by atoms with van der Waals surface area (Å²) in [7, 11) is -3.45. The minimum Gasteiger partial charge on any atom is -0.395 e. The van der Waals surface area contributed by atoms with Crippen LogP contribution in [0.3, 0.4) is 0 Å². The number of aliphatic hydroxyl groups excluding tert-OH is 1. The van der Waals surface area contributed by atoms with E-state index in [0.29, 0.717) is 25.1 Å². The lowest BCUT2D eigenvalue weighted by molar-refractivity contribution is 0.305. The number of hydrogen-bond acceptors (Lipinski definition) is 3. The SMILES string of the molecule is CC1(C)CCN(S(=O)(=O)c2cccc(C#CCCO)c2)C1. The Balaban J connectivity index is 2.25. The van der Waals surface area contributed by atoms with Crippen LogP contribution in [-0.2, 0) is 10.0 Å². The summed E-state index contributed by atoms with van der Waals surface area (Å²) in [6.07, 6.45) is 1.26. The van der Waals surface area contributed by atoms with Gasteiger partial charge in [0.25, 0.3) is 0 Å². The Labute approximate surface area is 126 Å². The van der Waals surface area contributed by atoms with E-state index in [-0.39, 0.29) is 16.9 Å². The van der Waals surface area contributed by atoms with Crippen molar-refractivity contribution >= 4 is 10.0 Å². The van der Waals surface area contributed by atoms with Crippen molar-refractivity contribution in [3.8, 4) is 11.8 Å². The molecule has 0 amide bonds. The first-order chi connectivity index (χ1) is 9.85. The smallest absolute Gasteiger partial charge is 0.243 e. The van der Waals surface area contributed by atoms with Crippen molar-refractivity contribution in [3.05, 3.63) is 29.8 Å². The average Bonchev–Trinajstić information content (AvgIpc) is 2.80. The van der Waals surface area contributed by atoms with Crippen LogP contribution < -0.4 is 0 Å². The van der Waals surface area contributed by atoms with E-state index in [4.69, 9.17) is 5.11 Å². The van der Waals surface area contributed by atoms with Gasteiger partial charge >= 0.3 is 0 Å². The molecule has 1 aromatic rings. The maximum atomic E-state index is 12.6. The predicted molar refractivity (Wildman–Crippen MR) is 82.2 cm³/mol. The minimum atomic E-state index is -3.45. The molecule has 1 aliphatic heterocycles. The molecule has 0 spiro atoms. The number of rotatable bonds is 3. The summed E-state index contributed by atoms with van der Waals surface area (Å²) in [4.78, 5) is 0.288. The van der Waals surface area contributed by atoms with Gasteiger partial charge in [-0.05, 0) is 30.0 Å². The van der Waals surface area contributed by atoms with Crippen LogP contribution in [0, 0.1) is 17.3 Å². The molecule has 2 rings (SSSR count). The third-order valence-electron chi connectivity index (χ3n) is 3.58. The fraction of sp³-hybridized carbons (Fsp3) is 0.500. The van der Waals surface area contributed by atoms with E-state index >= 15 is 0 Å². The molecular formula is C16H21NO3S. The quantitative estimate of drug-likeness (QED) is 0.867. The van der Waals surface area contributed by atoms with Gasteiger partial charge in [-0.25, -0.2) is 8.42 Å². The zero-order valence-corrected chi connectivity index (χ0v) is 13.3. The topological polar surface area (TPSA) is 57.6 Å². The van der Waals surface area contributed by atoms with Gasteiger partial charge in [0, 0.05) is 25.1 Å². The Hall–Kier alpha value is -1.35. The van der Waals surface area contributed by atoms with Crippen LogP contribution >= 0.6 is 0 Å². The zero-order valence-electron chi connectivity index (χ0n) is 12.5. The summed E-state index contributed by atoms with van der Waals surface area (Å²) < 4.78 is 26.8. The molecule has 4 nitrogen and oxygen atoms in total. The Bertz CT molecular complexity index is 668. The van der Waals surface area contributed by atoms with Gasteiger partial charge < -0.3 is 5.11 Å². The van der Waals surface area contributed by atoms with Crippen LogP contribution in [0.25, 0.3) is 0 Å². The first kappa shape index (κ1) is 16.0. The maximum Gasteiger partial charge on any atom is 0.243 e. The Morgan fingerprint density at radius 2 is 2.14 bits per heavy atom. The molecule has 1 N–H and O–H groups in total. The summed E-state index contributed by atoms with van der Waals surface area (Å²) in [5.74, 6) is 5.68. The molecule has 1 heterocycles. The average molecular weight is 307 g/mol. The molecule has 0 atom stereocenters. The van der Waals surface area contributed by atoms with Crippen LogP contribution in [0.5, 0.6) is 0 Å². The van der Waals surface area contributed by atoms with E-state index in [9.17, 15) is 8.42 Å². The predicted octanol–water partition coefficient (Wildman–Crippen LogP) is 1.84. The molecule has 0 radical (unpaired) electrons. The minimum absolute atomic E-state index is 0.00779. The summed E-state index contributed by atoms with van der Waals surface area (Å²) in [6, 6.07) is 6.69. The highest BCUT2D eigenvalue weighted by molar-refractivity contribution is 7.89. The van der Waals surface area contributed by atoms with Gasteiger partial charge in [-0.2, -0.15) is 4.31 Å². The second-order valence-corrected chi connectivity index (χ2v) is 7.99. The zero-order chi connectivity index (χ0) is 15.5. The normalized spacial score (nSPS) is 18.2. The molecule has 1 aromatic carbocycles.